The zero-order chi connectivity index (χ0) is 12.6. The fourth-order valence-corrected chi connectivity index (χ4v) is 2.32. The highest BCUT2D eigenvalue weighted by Gasteiger charge is 2.41. The van der Waals surface area contributed by atoms with E-state index < -0.39 is 24.3 Å². The van der Waals surface area contributed by atoms with Crippen molar-refractivity contribution in [3.63, 3.8) is 0 Å². The molecule has 6 heteroatoms. The second-order valence-electron chi connectivity index (χ2n) is 4.16. The van der Waals surface area contributed by atoms with Crippen LogP contribution in [0, 0.1) is 0 Å². The highest BCUT2D eigenvalue weighted by molar-refractivity contribution is 5.26. The molecule has 2 N–H and O–H groups in total. The monoisotopic (exact) mass is 246 g/mol. The maximum atomic E-state index is 12.8. The maximum Gasteiger partial charge on any atom is 0.410 e. The molecule has 1 unspecified atom stereocenters. The van der Waals surface area contributed by atoms with E-state index in [4.69, 9.17) is 5.73 Å². The minimum Gasteiger partial charge on any atom is -0.328 e. The number of pyridine rings is 1. The lowest BCUT2D eigenvalue weighted by atomic mass is 10.2. The Labute approximate surface area is 96.0 Å². The zero-order valence-electron chi connectivity index (χ0n) is 9.13. The summed E-state index contributed by atoms with van der Waals surface area (Å²) in [5.41, 5.74) is 5.86. The molecule has 1 aromatic rings. The molecular formula is C11H13F3N2O. The van der Waals surface area contributed by atoms with Gasteiger partial charge in [-0.05, 0) is 24.8 Å². The first-order valence-electron chi connectivity index (χ1n) is 5.45. The first-order valence-corrected chi connectivity index (χ1v) is 5.45. The Morgan fingerprint density at radius 1 is 1.35 bits per heavy atom. The number of nitrogens with two attached hydrogens (primary N) is 1. The third kappa shape index (κ3) is 2.09. The zero-order valence-corrected chi connectivity index (χ0v) is 9.13. The number of halogens is 3. The van der Waals surface area contributed by atoms with Gasteiger partial charge in [0.25, 0.3) is 5.56 Å². The molecule has 0 aliphatic heterocycles. The number of hydrogen-bond donors (Lipinski definition) is 1. The highest BCUT2D eigenvalue weighted by atomic mass is 19.4. The summed E-state index contributed by atoms with van der Waals surface area (Å²) >= 11 is 0. The van der Waals surface area contributed by atoms with Crippen LogP contribution in [-0.2, 0) is 12.8 Å². The largest absolute Gasteiger partial charge is 0.410 e. The molecule has 1 aromatic heterocycles. The predicted octanol–water partition coefficient (Wildman–Crippen LogP) is 1.40. The van der Waals surface area contributed by atoms with Crippen LogP contribution in [0.3, 0.4) is 0 Å². The van der Waals surface area contributed by atoms with Crippen molar-refractivity contribution >= 4 is 0 Å². The average Bonchev–Trinajstić information content (AvgIpc) is 2.68. The maximum absolute atomic E-state index is 12.8. The van der Waals surface area contributed by atoms with Gasteiger partial charge in [-0.15, -0.1) is 0 Å². The Morgan fingerprint density at radius 3 is 2.65 bits per heavy atom. The van der Waals surface area contributed by atoms with Crippen LogP contribution in [0.2, 0.25) is 0 Å². The third-order valence-electron chi connectivity index (χ3n) is 3.10. The Hall–Kier alpha value is -1.30. The van der Waals surface area contributed by atoms with Gasteiger partial charge < -0.3 is 5.73 Å². The number of aromatic nitrogens is 1. The van der Waals surface area contributed by atoms with Crippen LogP contribution in [0.4, 0.5) is 13.2 Å². The molecule has 2 rings (SSSR count). The topological polar surface area (TPSA) is 48.0 Å². The van der Waals surface area contributed by atoms with Gasteiger partial charge in [-0.2, -0.15) is 13.2 Å². The second-order valence-corrected chi connectivity index (χ2v) is 4.16. The van der Waals surface area contributed by atoms with Crippen LogP contribution in [0.25, 0.3) is 0 Å². The van der Waals surface area contributed by atoms with Crippen molar-refractivity contribution in [1.29, 1.82) is 0 Å². The Bertz CT molecular complexity index is 479. The number of alkyl halides is 3. The lowest BCUT2D eigenvalue weighted by molar-refractivity contribution is -0.166. The summed E-state index contributed by atoms with van der Waals surface area (Å²) < 4.78 is 39.3. The van der Waals surface area contributed by atoms with Gasteiger partial charge in [0, 0.05) is 18.3 Å². The van der Waals surface area contributed by atoms with Gasteiger partial charge in [-0.1, -0.05) is 6.07 Å². The molecule has 17 heavy (non-hydrogen) atoms. The van der Waals surface area contributed by atoms with Crippen molar-refractivity contribution in [2.24, 2.45) is 5.73 Å². The molecule has 0 bridgehead atoms. The van der Waals surface area contributed by atoms with E-state index in [2.05, 4.69) is 0 Å². The minimum absolute atomic E-state index is 0.491. The first kappa shape index (κ1) is 12.2. The lowest BCUT2D eigenvalue weighted by Crippen LogP contribution is -2.40. The van der Waals surface area contributed by atoms with Gasteiger partial charge in [-0.25, -0.2) is 0 Å². The first-order chi connectivity index (χ1) is 7.95. The molecule has 94 valence electrons. The van der Waals surface area contributed by atoms with E-state index in [-0.39, 0.29) is 0 Å². The number of rotatable bonds is 2. The molecule has 0 saturated carbocycles. The molecule has 0 aromatic carbocycles. The van der Waals surface area contributed by atoms with Crippen molar-refractivity contribution in [1.82, 2.24) is 4.57 Å². The summed E-state index contributed by atoms with van der Waals surface area (Å²) in [7, 11) is 0. The van der Waals surface area contributed by atoms with Crippen LogP contribution in [0.15, 0.2) is 16.9 Å². The fraction of sp³-hybridized carbons (Fsp3) is 0.545. The number of hydrogen-bond acceptors (Lipinski definition) is 2. The van der Waals surface area contributed by atoms with Crippen LogP contribution in [0.5, 0.6) is 0 Å². The average molecular weight is 246 g/mol. The molecular weight excluding hydrogens is 233 g/mol. The fourth-order valence-electron chi connectivity index (χ4n) is 2.32. The molecule has 0 fully saturated rings. The number of aryl methyl sites for hydroxylation is 1. The summed E-state index contributed by atoms with van der Waals surface area (Å²) in [6, 6.07) is 0.895. The molecule has 1 aliphatic carbocycles. The van der Waals surface area contributed by atoms with E-state index >= 15 is 0 Å². The van der Waals surface area contributed by atoms with Gasteiger partial charge >= 0.3 is 6.18 Å². The standard InChI is InChI=1S/C11H13F3N2O/c12-11(13,14)9(6-15)16-8-3-1-2-7(8)4-5-10(16)17/h4-5,9H,1-3,6,15H2. The van der Waals surface area contributed by atoms with Crippen LogP contribution in [0.1, 0.15) is 23.7 Å². The molecule has 0 radical (unpaired) electrons. The van der Waals surface area contributed by atoms with Gasteiger partial charge in [0.05, 0.1) is 0 Å². The molecule has 0 amide bonds. The molecule has 3 nitrogen and oxygen atoms in total. The predicted molar refractivity (Wildman–Crippen MR) is 56.9 cm³/mol. The molecule has 0 saturated heterocycles. The Balaban J connectivity index is 2.58. The van der Waals surface area contributed by atoms with Crippen LogP contribution in [-0.4, -0.2) is 17.3 Å². The number of fused-ring (bicyclic) bond motifs is 1. The molecule has 1 atom stereocenters. The quantitative estimate of drug-likeness (QED) is 0.857. The van der Waals surface area contributed by atoms with Crippen LogP contribution < -0.4 is 11.3 Å². The van der Waals surface area contributed by atoms with Crippen molar-refractivity contribution < 1.29 is 13.2 Å². The summed E-state index contributed by atoms with van der Waals surface area (Å²) in [6.07, 6.45) is -2.47. The lowest BCUT2D eigenvalue weighted by Gasteiger charge is -2.23. The highest BCUT2D eigenvalue weighted by Crippen LogP contribution is 2.32. The van der Waals surface area contributed by atoms with Crippen molar-refractivity contribution in [3.8, 4) is 0 Å². The normalized spacial score (nSPS) is 16.9. The summed E-state index contributed by atoms with van der Waals surface area (Å²) in [4.78, 5) is 11.6. The Kier molecular flexibility index (Phi) is 2.99. The van der Waals surface area contributed by atoms with Crippen molar-refractivity contribution in [3.05, 3.63) is 33.7 Å². The summed E-state index contributed by atoms with van der Waals surface area (Å²) in [5, 5.41) is 0. The summed E-state index contributed by atoms with van der Waals surface area (Å²) in [5.74, 6) is 0. The molecule has 1 aliphatic rings. The van der Waals surface area contributed by atoms with Crippen molar-refractivity contribution in [2.75, 3.05) is 6.54 Å². The van der Waals surface area contributed by atoms with Crippen molar-refractivity contribution in [2.45, 2.75) is 31.5 Å². The Morgan fingerprint density at radius 2 is 2.06 bits per heavy atom. The molecule has 1 heterocycles. The summed E-state index contributed by atoms with van der Waals surface area (Å²) in [6.45, 7) is -0.611. The second kappa shape index (κ2) is 4.18. The van der Waals surface area contributed by atoms with Gasteiger partial charge in [0.15, 0.2) is 0 Å². The van der Waals surface area contributed by atoms with E-state index in [9.17, 15) is 18.0 Å². The SMILES string of the molecule is NCC(n1c2c(ccc1=O)CCC2)C(F)(F)F. The molecule has 0 spiro atoms. The minimum atomic E-state index is -4.49. The third-order valence-corrected chi connectivity index (χ3v) is 3.10. The van der Waals surface area contributed by atoms with Crippen LogP contribution >= 0.6 is 0 Å². The smallest absolute Gasteiger partial charge is 0.328 e. The number of nitrogens with zero attached hydrogens (tertiary/aromatic N) is 1. The van der Waals surface area contributed by atoms with E-state index in [1.165, 1.54) is 6.07 Å². The van der Waals surface area contributed by atoms with E-state index in [1.54, 1.807) is 6.07 Å². The van der Waals surface area contributed by atoms with Gasteiger partial charge in [0.2, 0.25) is 0 Å². The van der Waals surface area contributed by atoms with Gasteiger partial charge in [-0.3, -0.25) is 9.36 Å². The van der Waals surface area contributed by atoms with E-state index in [1.807, 2.05) is 0 Å². The van der Waals surface area contributed by atoms with E-state index in [0.29, 0.717) is 12.1 Å². The van der Waals surface area contributed by atoms with E-state index in [0.717, 1.165) is 23.0 Å². The van der Waals surface area contributed by atoms with Gasteiger partial charge in [0.1, 0.15) is 6.04 Å².